The molecule has 21 heavy (non-hydrogen) atoms. The highest BCUT2D eigenvalue weighted by atomic mass is 16.5. The van der Waals surface area contributed by atoms with Crippen molar-refractivity contribution in [1.82, 2.24) is 20.2 Å². The van der Waals surface area contributed by atoms with Crippen molar-refractivity contribution in [3.63, 3.8) is 0 Å². The third-order valence-electron chi connectivity index (χ3n) is 3.23. The molecule has 8 heteroatoms. The minimum atomic E-state index is -1.08. The standard InChI is InChI=1S/C13H14N4O4/c1-20-10-4-2-3-9(13(18)19)12(10)21-7-11-14-15-16-17(11)8-5-6-8/h2-4,8H,5-7H2,1H3,(H,18,19). The molecule has 0 bridgehead atoms. The van der Waals surface area contributed by atoms with E-state index in [2.05, 4.69) is 15.5 Å². The summed E-state index contributed by atoms with van der Waals surface area (Å²) in [6.07, 6.45) is 2.10. The maximum Gasteiger partial charge on any atom is 0.339 e. The Hall–Kier alpha value is -2.64. The minimum absolute atomic E-state index is 0.0415. The Kier molecular flexibility index (Phi) is 3.43. The number of methoxy groups -OCH3 is 1. The monoisotopic (exact) mass is 290 g/mol. The number of tetrazole rings is 1. The van der Waals surface area contributed by atoms with Crippen LogP contribution in [-0.4, -0.2) is 38.4 Å². The van der Waals surface area contributed by atoms with Crippen molar-refractivity contribution in [2.45, 2.75) is 25.5 Å². The van der Waals surface area contributed by atoms with Crippen molar-refractivity contribution in [3.05, 3.63) is 29.6 Å². The van der Waals surface area contributed by atoms with Gasteiger partial charge in [0.2, 0.25) is 0 Å². The Morgan fingerprint density at radius 3 is 2.95 bits per heavy atom. The van der Waals surface area contributed by atoms with Gasteiger partial charge in [-0.15, -0.1) is 5.10 Å². The average Bonchev–Trinajstić information content (AvgIpc) is 3.23. The van der Waals surface area contributed by atoms with Crippen molar-refractivity contribution in [2.24, 2.45) is 0 Å². The van der Waals surface area contributed by atoms with Gasteiger partial charge in [0.1, 0.15) is 12.2 Å². The number of carboxylic acids is 1. The lowest BCUT2D eigenvalue weighted by Crippen LogP contribution is -2.10. The first-order chi connectivity index (χ1) is 10.2. The Balaban J connectivity index is 1.83. The smallest absolute Gasteiger partial charge is 0.339 e. The molecule has 1 aromatic carbocycles. The predicted octanol–water partition coefficient (Wildman–Crippen LogP) is 1.29. The van der Waals surface area contributed by atoms with Gasteiger partial charge in [-0.05, 0) is 35.4 Å². The Bertz CT molecular complexity index is 666. The fourth-order valence-electron chi connectivity index (χ4n) is 2.04. The number of carbonyl (C=O) groups is 1. The molecule has 0 saturated heterocycles. The molecule has 0 aliphatic heterocycles. The molecule has 1 N–H and O–H groups in total. The van der Waals surface area contributed by atoms with Crippen LogP contribution in [-0.2, 0) is 6.61 Å². The predicted molar refractivity (Wildman–Crippen MR) is 70.4 cm³/mol. The van der Waals surface area contributed by atoms with Gasteiger partial charge in [0.15, 0.2) is 17.3 Å². The molecule has 1 aliphatic rings. The summed E-state index contributed by atoms with van der Waals surface area (Å²) in [6.45, 7) is 0.0875. The Morgan fingerprint density at radius 2 is 2.29 bits per heavy atom. The van der Waals surface area contributed by atoms with Gasteiger partial charge in [-0.2, -0.15) is 0 Å². The van der Waals surface area contributed by atoms with Gasteiger partial charge in [0.05, 0.1) is 13.2 Å². The summed E-state index contributed by atoms with van der Waals surface area (Å²) in [5, 5.41) is 20.7. The lowest BCUT2D eigenvalue weighted by molar-refractivity contribution is 0.0690. The van der Waals surface area contributed by atoms with E-state index >= 15 is 0 Å². The fourth-order valence-corrected chi connectivity index (χ4v) is 2.04. The molecule has 0 amide bonds. The fraction of sp³-hybridized carbons (Fsp3) is 0.385. The second-order valence-electron chi connectivity index (χ2n) is 4.70. The largest absolute Gasteiger partial charge is 0.493 e. The third kappa shape index (κ3) is 2.64. The number of aromatic carboxylic acids is 1. The van der Waals surface area contributed by atoms with Gasteiger partial charge >= 0.3 is 5.97 Å². The van der Waals surface area contributed by atoms with Crippen LogP contribution < -0.4 is 9.47 Å². The van der Waals surface area contributed by atoms with Crippen molar-refractivity contribution in [2.75, 3.05) is 7.11 Å². The molecule has 1 aromatic heterocycles. The first-order valence-electron chi connectivity index (χ1n) is 6.50. The van der Waals surface area contributed by atoms with Crippen LogP contribution in [0.2, 0.25) is 0 Å². The molecular weight excluding hydrogens is 276 g/mol. The van der Waals surface area contributed by atoms with Gasteiger partial charge in [0.25, 0.3) is 0 Å². The minimum Gasteiger partial charge on any atom is -0.493 e. The highest BCUT2D eigenvalue weighted by Gasteiger charge is 2.28. The summed E-state index contributed by atoms with van der Waals surface area (Å²) in [5.41, 5.74) is 0.0415. The highest BCUT2D eigenvalue weighted by molar-refractivity contribution is 5.92. The molecule has 1 aliphatic carbocycles. The molecule has 0 spiro atoms. The number of nitrogens with zero attached hydrogens (tertiary/aromatic N) is 4. The third-order valence-corrected chi connectivity index (χ3v) is 3.23. The van der Waals surface area contributed by atoms with Crippen molar-refractivity contribution >= 4 is 5.97 Å². The average molecular weight is 290 g/mol. The van der Waals surface area contributed by atoms with E-state index in [0.29, 0.717) is 17.6 Å². The van der Waals surface area contributed by atoms with Crippen LogP contribution in [0.25, 0.3) is 0 Å². The van der Waals surface area contributed by atoms with Crippen LogP contribution in [0.4, 0.5) is 0 Å². The Labute approximate surface area is 120 Å². The molecule has 1 heterocycles. The van der Waals surface area contributed by atoms with Crippen LogP contribution in [0.1, 0.15) is 35.1 Å². The number of para-hydroxylation sites is 1. The zero-order valence-corrected chi connectivity index (χ0v) is 11.4. The quantitative estimate of drug-likeness (QED) is 0.855. The number of rotatable bonds is 6. The summed E-state index contributed by atoms with van der Waals surface area (Å²) in [7, 11) is 1.46. The van der Waals surface area contributed by atoms with E-state index in [4.69, 9.17) is 9.47 Å². The van der Waals surface area contributed by atoms with E-state index in [9.17, 15) is 9.90 Å². The van der Waals surface area contributed by atoms with Gasteiger partial charge in [-0.1, -0.05) is 6.07 Å². The normalized spacial score (nSPS) is 14.0. The molecule has 1 fully saturated rings. The van der Waals surface area contributed by atoms with E-state index in [1.165, 1.54) is 13.2 Å². The maximum absolute atomic E-state index is 11.3. The van der Waals surface area contributed by atoms with Crippen LogP contribution in [0.5, 0.6) is 11.5 Å². The number of hydrogen-bond donors (Lipinski definition) is 1. The van der Waals surface area contributed by atoms with E-state index in [0.717, 1.165) is 12.8 Å². The van der Waals surface area contributed by atoms with E-state index in [-0.39, 0.29) is 17.9 Å². The first kappa shape index (κ1) is 13.3. The Morgan fingerprint density at radius 1 is 1.48 bits per heavy atom. The van der Waals surface area contributed by atoms with E-state index in [1.807, 2.05) is 0 Å². The summed E-state index contributed by atoms with van der Waals surface area (Å²) in [6, 6.07) is 5.04. The van der Waals surface area contributed by atoms with Crippen LogP contribution in [0.15, 0.2) is 18.2 Å². The number of ether oxygens (including phenoxy) is 2. The van der Waals surface area contributed by atoms with Crippen LogP contribution in [0.3, 0.4) is 0 Å². The van der Waals surface area contributed by atoms with Gasteiger partial charge in [-0.3, -0.25) is 0 Å². The molecule has 0 unspecified atom stereocenters. The zero-order valence-electron chi connectivity index (χ0n) is 11.4. The van der Waals surface area contributed by atoms with Crippen molar-refractivity contribution in [1.29, 1.82) is 0 Å². The summed E-state index contributed by atoms with van der Waals surface area (Å²) in [4.78, 5) is 11.3. The van der Waals surface area contributed by atoms with E-state index in [1.54, 1.807) is 16.8 Å². The number of aromatic nitrogens is 4. The van der Waals surface area contributed by atoms with E-state index < -0.39 is 5.97 Å². The number of benzene rings is 1. The summed E-state index contributed by atoms with van der Waals surface area (Å²) < 4.78 is 12.5. The molecular formula is C13H14N4O4. The molecule has 8 nitrogen and oxygen atoms in total. The summed E-state index contributed by atoms with van der Waals surface area (Å²) in [5.74, 6) is 0.0311. The SMILES string of the molecule is COc1cccc(C(=O)O)c1OCc1nnnn1C1CC1. The first-order valence-corrected chi connectivity index (χ1v) is 6.50. The number of carboxylic acid groups (broad SMARTS) is 1. The molecule has 1 saturated carbocycles. The molecule has 0 atom stereocenters. The molecule has 0 radical (unpaired) electrons. The molecule has 3 rings (SSSR count). The van der Waals surface area contributed by atoms with Gasteiger partial charge < -0.3 is 14.6 Å². The van der Waals surface area contributed by atoms with Crippen molar-refractivity contribution < 1.29 is 19.4 Å². The van der Waals surface area contributed by atoms with Crippen LogP contribution >= 0.6 is 0 Å². The van der Waals surface area contributed by atoms with Crippen molar-refractivity contribution in [3.8, 4) is 11.5 Å². The second kappa shape index (κ2) is 5.39. The topological polar surface area (TPSA) is 99.4 Å². The maximum atomic E-state index is 11.3. The summed E-state index contributed by atoms with van der Waals surface area (Å²) >= 11 is 0. The highest BCUT2D eigenvalue weighted by Crippen LogP contribution is 2.35. The van der Waals surface area contributed by atoms with Gasteiger partial charge in [0, 0.05) is 0 Å². The lowest BCUT2D eigenvalue weighted by atomic mass is 10.2. The lowest BCUT2D eigenvalue weighted by Gasteiger charge is -2.12. The molecule has 110 valence electrons. The number of hydrogen-bond acceptors (Lipinski definition) is 6. The van der Waals surface area contributed by atoms with Gasteiger partial charge in [-0.25, -0.2) is 9.48 Å². The van der Waals surface area contributed by atoms with Crippen LogP contribution in [0, 0.1) is 0 Å². The molecule has 2 aromatic rings. The zero-order chi connectivity index (χ0) is 14.8. The second-order valence-corrected chi connectivity index (χ2v) is 4.70.